The molecule has 2 aromatic rings. The molecule has 0 unspecified atom stereocenters. The number of aryl methyl sites for hydroxylation is 3. The Morgan fingerprint density at radius 1 is 1.12 bits per heavy atom. The zero-order chi connectivity index (χ0) is 24.9. The second kappa shape index (κ2) is 10.9. The minimum Gasteiger partial charge on any atom is -0.469 e. The fourth-order valence-corrected chi connectivity index (χ4v) is 4.15. The maximum absolute atomic E-state index is 13.0. The molecule has 1 aliphatic heterocycles. The number of nitrogens with zero attached hydrogens (tertiary/aromatic N) is 4. The van der Waals surface area contributed by atoms with E-state index in [0.29, 0.717) is 44.2 Å². The van der Waals surface area contributed by atoms with Gasteiger partial charge in [0.2, 0.25) is 0 Å². The molecule has 0 spiro atoms. The molecule has 3 rings (SSSR count). The van der Waals surface area contributed by atoms with Gasteiger partial charge in [-0.2, -0.15) is 5.10 Å². The summed E-state index contributed by atoms with van der Waals surface area (Å²) in [4.78, 5) is 38.4. The van der Waals surface area contributed by atoms with Crippen LogP contribution in [0.2, 0.25) is 0 Å². The second-order valence-electron chi connectivity index (χ2n) is 9.83. The molecule has 9 nitrogen and oxygen atoms in total. The Kier molecular flexibility index (Phi) is 8.17. The molecule has 1 aliphatic rings. The van der Waals surface area contributed by atoms with Crippen molar-refractivity contribution in [1.29, 1.82) is 0 Å². The maximum Gasteiger partial charge on any atom is 0.410 e. The molecule has 34 heavy (non-hydrogen) atoms. The van der Waals surface area contributed by atoms with E-state index in [-0.39, 0.29) is 17.8 Å². The van der Waals surface area contributed by atoms with Crippen LogP contribution in [0.3, 0.4) is 0 Å². The number of methoxy groups -OCH3 is 1. The van der Waals surface area contributed by atoms with Crippen molar-refractivity contribution < 1.29 is 19.1 Å². The Labute approximate surface area is 200 Å². The van der Waals surface area contributed by atoms with Crippen LogP contribution in [0.1, 0.15) is 57.8 Å². The molecule has 0 saturated carbocycles. The number of benzene rings is 1. The summed E-state index contributed by atoms with van der Waals surface area (Å²) in [6, 6.07) is 7.58. The number of likely N-dealkylation sites (tertiary alicyclic amines) is 1. The molecule has 0 bridgehead atoms. The first kappa shape index (κ1) is 25.5. The zero-order valence-electron chi connectivity index (χ0n) is 20.9. The van der Waals surface area contributed by atoms with E-state index in [1.807, 2.05) is 52.0 Å². The van der Waals surface area contributed by atoms with Crippen LogP contribution in [-0.2, 0) is 27.2 Å². The number of carbonyl (C=O) groups is 2. The standard InChI is InChI=1S/C25H36N4O5/c1-18-26-28(17-14-20-12-15-27(16-13-20)24(32)34-25(2,3)4)23(31)29(18)21-9-6-19(7-10-21)8-11-22(30)33-5/h6-7,9-10,20H,8,11-17H2,1-5H3. The molecule has 186 valence electrons. The highest BCUT2D eigenvalue weighted by atomic mass is 16.6. The van der Waals surface area contributed by atoms with Crippen molar-refractivity contribution in [2.75, 3.05) is 20.2 Å². The van der Waals surface area contributed by atoms with Gasteiger partial charge in [-0.25, -0.2) is 18.8 Å². The van der Waals surface area contributed by atoms with Crippen molar-refractivity contribution >= 4 is 12.1 Å². The smallest absolute Gasteiger partial charge is 0.410 e. The number of aromatic nitrogens is 3. The van der Waals surface area contributed by atoms with Gasteiger partial charge < -0.3 is 14.4 Å². The van der Waals surface area contributed by atoms with Crippen LogP contribution in [0.5, 0.6) is 0 Å². The minimum atomic E-state index is -0.491. The first-order valence-corrected chi connectivity index (χ1v) is 11.9. The van der Waals surface area contributed by atoms with E-state index in [0.717, 1.165) is 30.5 Å². The molecule has 9 heteroatoms. The molecular formula is C25H36N4O5. The highest BCUT2D eigenvalue weighted by molar-refractivity contribution is 5.69. The number of esters is 1. The number of rotatable bonds is 7. The molecule has 1 saturated heterocycles. The summed E-state index contributed by atoms with van der Waals surface area (Å²) in [7, 11) is 1.38. The monoisotopic (exact) mass is 472 g/mol. The predicted octanol–water partition coefficient (Wildman–Crippen LogP) is 3.49. The Balaban J connectivity index is 1.56. The van der Waals surface area contributed by atoms with E-state index in [2.05, 4.69) is 9.84 Å². The molecule has 2 heterocycles. The van der Waals surface area contributed by atoms with Crippen LogP contribution in [0.25, 0.3) is 5.69 Å². The van der Waals surface area contributed by atoms with Gasteiger partial charge in [0, 0.05) is 26.1 Å². The molecule has 1 aromatic heterocycles. The highest BCUT2D eigenvalue weighted by Crippen LogP contribution is 2.22. The third-order valence-electron chi connectivity index (χ3n) is 6.06. The molecule has 0 aliphatic carbocycles. The summed E-state index contributed by atoms with van der Waals surface area (Å²) in [5.74, 6) is 0.824. The van der Waals surface area contributed by atoms with E-state index in [4.69, 9.17) is 4.74 Å². The summed E-state index contributed by atoms with van der Waals surface area (Å²) < 4.78 is 13.3. The predicted molar refractivity (Wildman–Crippen MR) is 128 cm³/mol. The SMILES string of the molecule is COC(=O)CCc1ccc(-n2c(C)nn(CCC3CCN(C(=O)OC(C)(C)C)CC3)c2=O)cc1. The minimum absolute atomic E-state index is 0.161. The zero-order valence-corrected chi connectivity index (χ0v) is 20.9. The summed E-state index contributed by atoms with van der Waals surface area (Å²) in [5, 5.41) is 4.47. The second-order valence-corrected chi connectivity index (χ2v) is 9.83. The number of hydrogen-bond donors (Lipinski definition) is 0. The van der Waals surface area contributed by atoms with Crippen molar-refractivity contribution in [1.82, 2.24) is 19.2 Å². The van der Waals surface area contributed by atoms with Crippen molar-refractivity contribution in [3.63, 3.8) is 0 Å². The van der Waals surface area contributed by atoms with Gasteiger partial charge in [0.1, 0.15) is 11.4 Å². The van der Waals surface area contributed by atoms with Crippen molar-refractivity contribution in [3.8, 4) is 5.69 Å². The quantitative estimate of drug-likeness (QED) is 0.573. The van der Waals surface area contributed by atoms with Crippen molar-refractivity contribution in [2.45, 2.75) is 71.9 Å². The molecule has 0 atom stereocenters. The molecule has 0 N–H and O–H groups in total. The molecule has 1 amide bonds. The largest absolute Gasteiger partial charge is 0.469 e. The van der Waals surface area contributed by atoms with Crippen LogP contribution in [0.4, 0.5) is 4.79 Å². The molecular weight excluding hydrogens is 436 g/mol. The number of piperidine rings is 1. The van der Waals surface area contributed by atoms with E-state index in [1.54, 1.807) is 9.47 Å². The van der Waals surface area contributed by atoms with Gasteiger partial charge in [0.05, 0.1) is 12.8 Å². The number of amides is 1. The fourth-order valence-electron chi connectivity index (χ4n) is 4.15. The summed E-state index contributed by atoms with van der Waals surface area (Å²) >= 11 is 0. The lowest BCUT2D eigenvalue weighted by atomic mass is 9.94. The number of ether oxygens (including phenoxy) is 2. The average Bonchev–Trinajstić information content (AvgIpc) is 3.08. The van der Waals surface area contributed by atoms with E-state index in [1.165, 1.54) is 11.8 Å². The third kappa shape index (κ3) is 6.71. The normalized spacial score (nSPS) is 14.8. The molecule has 1 fully saturated rings. The first-order valence-electron chi connectivity index (χ1n) is 11.9. The lowest BCUT2D eigenvalue weighted by Crippen LogP contribution is -2.42. The van der Waals surface area contributed by atoms with Gasteiger partial charge in [-0.05, 0) is 77.0 Å². The lowest BCUT2D eigenvalue weighted by molar-refractivity contribution is -0.140. The van der Waals surface area contributed by atoms with E-state index >= 15 is 0 Å². The van der Waals surface area contributed by atoms with Gasteiger partial charge in [0.15, 0.2) is 0 Å². The summed E-state index contributed by atoms with van der Waals surface area (Å²) in [6.07, 6.45) is 3.27. The van der Waals surface area contributed by atoms with Gasteiger partial charge in [-0.15, -0.1) is 0 Å². The van der Waals surface area contributed by atoms with Crippen LogP contribution in [-0.4, -0.2) is 57.1 Å². The molecule has 0 radical (unpaired) electrons. The van der Waals surface area contributed by atoms with Crippen LogP contribution >= 0.6 is 0 Å². The Morgan fingerprint density at radius 3 is 2.35 bits per heavy atom. The summed E-state index contributed by atoms with van der Waals surface area (Å²) in [6.45, 7) is 9.32. The van der Waals surface area contributed by atoms with Crippen molar-refractivity contribution in [3.05, 3.63) is 46.1 Å². The van der Waals surface area contributed by atoms with Gasteiger partial charge in [-0.3, -0.25) is 4.79 Å². The number of hydrogen-bond acceptors (Lipinski definition) is 6. The van der Waals surface area contributed by atoms with E-state index in [9.17, 15) is 14.4 Å². The first-order chi connectivity index (χ1) is 16.1. The number of carbonyl (C=O) groups excluding carboxylic acids is 2. The molecule has 1 aromatic carbocycles. The van der Waals surface area contributed by atoms with Gasteiger partial charge >= 0.3 is 17.8 Å². The Hall–Kier alpha value is -3.10. The topological polar surface area (TPSA) is 95.7 Å². The van der Waals surface area contributed by atoms with Crippen LogP contribution in [0, 0.1) is 12.8 Å². The van der Waals surface area contributed by atoms with Crippen LogP contribution in [0.15, 0.2) is 29.1 Å². The van der Waals surface area contributed by atoms with Crippen molar-refractivity contribution in [2.24, 2.45) is 5.92 Å². The third-order valence-corrected chi connectivity index (χ3v) is 6.06. The van der Waals surface area contributed by atoms with Crippen LogP contribution < -0.4 is 5.69 Å². The fraction of sp³-hybridized carbons (Fsp3) is 0.600. The Bertz CT molecular complexity index is 1040. The highest BCUT2D eigenvalue weighted by Gasteiger charge is 2.27. The van der Waals surface area contributed by atoms with Gasteiger partial charge in [0.25, 0.3) is 0 Å². The average molecular weight is 473 g/mol. The summed E-state index contributed by atoms with van der Waals surface area (Å²) in [5.41, 5.74) is 1.10. The maximum atomic E-state index is 13.0. The van der Waals surface area contributed by atoms with Gasteiger partial charge in [-0.1, -0.05) is 12.1 Å². The lowest BCUT2D eigenvalue weighted by Gasteiger charge is -2.33. The van der Waals surface area contributed by atoms with E-state index < -0.39 is 5.60 Å². The Morgan fingerprint density at radius 2 is 1.76 bits per heavy atom.